The van der Waals surface area contributed by atoms with Crippen molar-refractivity contribution in [1.82, 2.24) is 20.2 Å². The molecule has 0 atom stereocenters. The highest BCUT2D eigenvalue weighted by atomic mass is 16.4. The normalized spacial score (nSPS) is 10.6. The molecule has 0 fully saturated rings. The zero-order valence-electron chi connectivity index (χ0n) is 7.06. The smallest absolute Gasteiger partial charge is 0.309 e. The first-order valence-corrected chi connectivity index (χ1v) is 3.83. The number of carbonyl (C=O) groups is 1. The Bertz CT molecular complexity index is 492. The number of carboxylic acid groups (broad SMARTS) is 1. The largest absolute Gasteiger partial charge is 0.481 e. The summed E-state index contributed by atoms with van der Waals surface area (Å²) in [7, 11) is 0. The molecular weight excluding hydrogens is 186 g/mol. The number of rotatable bonds is 2. The van der Waals surface area contributed by atoms with E-state index < -0.39 is 5.97 Å². The molecule has 7 nitrogen and oxygen atoms in total. The zero-order valence-corrected chi connectivity index (χ0v) is 7.06. The molecule has 4 N–H and O–H groups in total. The van der Waals surface area contributed by atoms with Crippen LogP contribution in [0.25, 0.3) is 11.0 Å². The molecule has 0 unspecified atom stereocenters. The number of nitrogens with zero attached hydrogens (tertiary/aromatic N) is 3. The predicted octanol–water partition coefficient (Wildman–Crippen LogP) is -0.438. The van der Waals surface area contributed by atoms with Gasteiger partial charge in [0.25, 0.3) is 0 Å². The molecule has 7 heteroatoms. The lowest BCUT2D eigenvalue weighted by Gasteiger charge is -1.95. The Morgan fingerprint density at radius 1 is 1.57 bits per heavy atom. The van der Waals surface area contributed by atoms with E-state index in [-0.39, 0.29) is 12.2 Å². The second-order valence-electron chi connectivity index (χ2n) is 2.73. The van der Waals surface area contributed by atoms with Gasteiger partial charge in [0.05, 0.1) is 17.5 Å². The van der Waals surface area contributed by atoms with E-state index in [1.807, 2.05) is 0 Å². The number of nitrogen functional groups attached to an aromatic ring is 1. The molecule has 0 aliphatic carbocycles. The van der Waals surface area contributed by atoms with E-state index in [0.717, 1.165) is 0 Å². The maximum Gasteiger partial charge on any atom is 0.309 e. The molecule has 0 aliphatic rings. The summed E-state index contributed by atoms with van der Waals surface area (Å²) in [5, 5.41) is 15.5. The van der Waals surface area contributed by atoms with Crippen LogP contribution in [0.15, 0.2) is 6.33 Å². The maximum absolute atomic E-state index is 10.5. The van der Waals surface area contributed by atoms with Gasteiger partial charge < -0.3 is 10.8 Å². The number of nitrogens with two attached hydrogens (primary N) is 1. The lowest BCUT2D eigenvalue weighted by atomic mass is 10.2. The summed E-state index contributed by atoms with van der Waals surface area (Å²) in [6.07, 6.45) is 1.11. The van der Waals surface area contributed by atoms with E-state index in [0.29, 0.717) is 16.7 Å². The summed E-state index contributed by atoms with van der Waals surface area (Å²) >= 11 is 0. The van der Waals surface area contributed by atoms with Crippen molar-refractivity contribution in [1.29, 1.82) is 0 Å². The van der Waals surface area contributed by atoms with Crippen LogP contribution in [-0.4, -0.2) is 31.2 Å². The lowest BCUT2D eigenvalue weighted by Crippen LogP contribution is -2.02. The Labute approximate surface area is 78.0 Å². The molecule has 0 radical (unpaired) electrons. The standard InChI is InChI=1S/C7H7N5O2/c8-6-5-3(1-4(13)14)11-12-7(5)10-2-9-6/h2H,1H2,(H,13,14)(H3,8,9,10,11,12). The SMILES string of the molecule is Nc1ncnc2n[nH]c(CC(=O)O)c12. The van der Waals surface area contributed by atoms with Crippen molar-refractivity contribution < 1.29 is 9.90 Å². The summed E-state index contributed by atoms with van der Waals surface area (Å²) in [6.45, 7) is 0. The summed E-state index contributed by atoms with van der Waals surface area (Å²) < 4.78 is 0. The zero-order chi connectivity index (χ0) is 10.1. The molecule has 72 valence electrons. The van der Waals surface area contributed by atoms with Crippen molar-refractivity contribution in [3.05, 3.63) is 12.0 Å². The van der Waals surface area contributed by atoms with Gasteiger partial charge in [0.2, 0.25) is 0 Å². The topological polar surface area (TPSA) is 118 Å². The third-order valence-corrected chi connectivity index (χ3v) is 1.78. The third kappa shape index (κ3) is 1.24. The van der Waals surface area contributed by atoms with Crippen LogP contribution >= 0.6 is 0 Å². The number of H-pyrrole nitrogens is 1. The minimum Gasteiger partial charge on any atom is -0.481 e. The molecule has 0 spiro atoms. The molecule has 0 bridgehead atoms. The number of aliphatic carboxylic acids is 1. The van der Waals surface area contributed by atoms with Crippen molar-refractivity contribution in [2.45, 2.75) is 6.42 Å². The Morgan fingerprint density at radius 2 is 2.36 bits per heavy atom. The molecule has 0 aromatic carbocycles. The van der Waals surface area contributed by atoms with Crippen molar-refractivity contribution in [2.75, 3.05) is 5.73 Å². The van der Waals surface area contributed by atoms with Crippen LogP contribution in [-0.2, 0) is 11.2 Å². The van der Waals surface area contributed by atoms with E-state index in [9.17, 15) is 4.79 Å². The first-order valence-electron chi connectivity index (χ1n) is 3.83. The van der Waals surface area contributed by atoms with Gasteiger partial charge in [-0.15, -0.1) is 0 Å². The first-order chi connectivity index (χ1) is 6.68. The molecule has 0 amide bonds. The van der Waals surface area contributed by atoms with Crippen LogP contribution in [0, 0.1) is 0 Å². The Morgan fingerprint density at radius 3 is 3.07 bits per heavy atom. The number of anilines is 1. The lowest BCUT2D eigenvalue weighted by molar-refractivity contribution is -0.136. The maximum atomic E-state index is 10.5. The Balaban J connectivity index is 2.61. The molecule has 2 aromatic rings. The van der Waals surface area contributed by atoms with Crippen molar-refractivity contribution in [3.63, 3.8) is 0 Å². The number of nitrogens with one attached hydrogen (secondary N) is 1. The van der Waals surface area contributed by atoms with Crippen LogP contribution in [0.5, 0.6) is 0 Å². The highest BCUT2D eigenvalue weighted by molar-refractivity contribution is 5.90. The number of hydrogen-bond donors (Lipinski definition) is 3. The number of aromatic nitrogens is 4. The summed E-state index contributed by atoms with van der Waals surface area (Å²) in [6, 6.07) is 0. The van der Waals surface area contributed by atoms with Crippen LogP contribution < -0.4 is 5.73 Å². The second-order valence-corrected chi connectivity index (χ2v) is 2.73. The quantitative estimate of drug-likeness (QED) is 0.595. The van der Waals surface area contributed by atoms with Gasteiger partial charge in [-0.2, -0.15) is 5.10 Å². The van der Waals surface area contributed by atoms with Crippen LogP contribution in [0.1, 0.15) is 5.69 Å². The van der Waals surface area contributed by atoms with Gasteiger partial charge in [-0.1, -0.05) is 0 Å². The van der Waals surface area contributed by atoms with Gasteiger partial charge in [0.1, 0.15) is 12.1 Å². The Kier molecular flexibility index (Phi) is 1.77. The van der Waals surface area contributed by atoms with Gasteiger partial charge >= 0.3 is 5.97 Å². The average molecular weight is 193 g/mol. The van der Waals surface area contributed by atoms with Crippen LogP contribution in [0.3, 0.4) is 0 Å². The molecule has 2 aromatic heterocycles. The molecule has 0 saturated heterocycles. The molecule has 2 rings (SSSR count). The van der Waals surface area contributed by atoms with E-state index in [1.165, 1.54) is 6.33 Å². The average Bonchev–Trinajstić information content (AvgIpc) is 2.49. The fraction of sp³-hybridized carbons (Fsp3) is 0.143. The van der Waals surface area contributed by atoms with Crippen molar-refractivity contribution in [3.8, 4) is 0 Å². The van der Waals surface area contributed by atoms with Gasteiger partial charge in [0, 0.05) is 0 Å². The second kappa shape index (κ2) is 2.95. The van der Waals surface area contributed by atoms with Crippen molar-refractivity contribution >= 4 is 22.8 Å². The number of carboxylic acids is 1. The van der Waals surface area contributed by atoms with Gasteiger partial charge in [0.15, 0.2) is 5.65 Å². The number of aromatic amines is 1. The summed E-state index contributed by atoms with van der Waals surface area (Å²) in [5.74, 6) is -0.723. The molecule has 0 saturated carbocycles. The fourth-order valence-electron chi connectivity index (χ4n) is 1.22. The van der Waals surface area contributed by atoms with Gasteiger partial charge in [-0.05, 0) is 0 Å². The highest BCUT2D eigenvalue weighted by Crippen LogP contribution is 2.18. The minimum absolute atomic E-state index is 0.173. The third-order valence-electron chi connectivity index (χ3n) is 1.78. The van der Waals surface area contributed by atoms with E-state index in [2.05, 4.69) is 20.2 Å². The van der Waals surface area contributed by atoms with E-state index >= 15 is 0 Å². The fourth-order valence-corrected chi connectivity index (χ4v) is 1.22. The molecule has 2 heterocycles. The molecule has 14 heavy (non-hydrogen) atoms. The summed E-state index contributed by atoms with van der Waals surface area (Å²) in [5.41, 5.74) is 6.38. The minimum atomic E-state index is -0.959. The monoisotopic (exact) mass is 193 g/mol. The number of hydrogen-bond acceptors (Lipinski definition) is 5. The van der Waals surface area contributed by atoms with E-state index in [4.69, 9.17) is 10.8 Å². The van der Waals surface area contributed by atoms with Gasteiger partial charge in [-0.3, -0.25) is 9.89 Å². The Hall–Kier alpha value is -2.18. The van der Waals surface area contributed by atoms with Gasteiger partial charge in [-0.25, -0.2) is 9.97 Å². The highest BCUT2D eigenvalue weighted by Gasteiger charge is 2.12. The molecular formula is C7H7N5O2. The van der Waals surface area contributed by atoms with Crippen molar-refractivity contribution in [2.24, 2.45) is 0 Å². The number of fused-ring (bicyclic) bond motifs is 1. The van der Waals surface area contributed by atoms with Crippen LogP contribution in [0.4, 0.5) is 5.82 Å². The molecule has 0 aliphatic heterocycles. The first kappa shape index (κ1) is 8.42. The van der Waals surface area contributed by atoms with Crippen LogP contribution in [0.2, 0.25) is 0 Å². The predicted molar refractivity (Wildman–Crippen MR) is 47.4 cm³/mol. The van der Waals surface area contributed by atoms with E-state index in [1.54, 1.807) is 0 Å². The summed E-state index contributed by atoms with van der Waals surface area (Å²) in [4.78, 5) is 18.1.